The van der Waals surface area contributed by atoms with Gasteiger partial charge in [0.1, 0.15) is 12.2 Å². The number of nitrogens with zero attached hydrogens (tertiary/aromatic N) is 1. The van der Waals surface area contributed by atoms with Crippen molar-refractivity contribution in [3.63, 3.8) is 0 Å². The molecule has 5 atom stereocenters. The van der Waals surface area contributed by atoms with Crippen molar-refractivity contribution < 1.29 is 28.3 Å². The Morgan fingerprint density at radius 1 is 1.17 bits per heavy atom. The Morgan fingerprint density at radius 2 is 1.86 bits per heavy atom. The maximum atomic E-state index is 13.0. The van der Waals surface area contributed by atoms with Gasteiger partial charge in [-0.05, 0) is 38.8 Å². The molecule has 1 aliphatic rings. The van der Waals surface area contributed by atoms with Gasteiger partial charge in [-0.1, -0.05) is 25.1 Å². The van der Waals surface area contributed by atoms with E-state index in [0.717, 1.165) is 0 Å². The SMILES string of the molecule is COCCO[C@@H]1[C@H](OC(=O)c2ccccc2)[C@@H](CC(C)P(C)(C)=O)O[C@H]1n1cc(C)c(=O)[nH]c1=O. The molecule has 1 aromatic heterocycles. The number of carbonyl (C=O) groups excluding carboxylic acids is 1. The summed E-state index contributed by atoms with van der Waals surface area (Å²) in [6, 6.07) is 8.51. The molecule has 3 rings (SSSR count). The number of nitrogens with one attached hydrogen (secondary N) is 1. The minimum atomic E-state index is -2.49. The number of ether oxygens (including phenoxy) is 4. The number of aromatic amines is 1. The maximum Gasteiger partial charge on any atom is 0.338 e. The highest BCUT2D eigenvalue weighted by Gasteiger charge is 2.50. The summed E-state index contributed by atoms with van der Waals surface area (Å²) >= 11 is 0. The fourth-order valence-corrected chi connectivity index (χ4v) is 4.56. The normalized spacial score (nSPS) is 23.2. The van der Waals surface area contributed by atoms with Gasteiger partial charge in [0.25, 0.3) is 5.56 Å². The molecule has 1 aliphatic heterocycles. The van der Waals surface area contributed by atoms with Crippen LogP contribution in [0.2, 0.25) is 0 Å². The van der Waals surface area contributed by atoms with Gasteiger partial charge in [-0.15, -0.1) is 0 Å². The van der Waals surface area contributed by atoms with E-state index in [1.807, 2.05) is 6.92 Å². The third-order valence-electron chi connectivity index (χ3n) is 6.19. The summed E-state index contributed by atoms with van der Waals surface area (Å²) in [6.07, 6.45) is -1.78. The van der Waals surface area contributed by atoms with Crippen LogP contribution in [0, 0.1) is 6.92 Å². The van der Waals surface area contributed by atoms with Gasteiger partial charge in [-0.3, -0.25) is 14.3 Å². The lowest BCUT2D eigenvalue weighted by Gasteiger charge is -2.26. The summed E-state index contributed by atoms with van der Waals surface area (Å²) < 4.78 is 37.3. The Morgan fingerprint density at radius 3 is 2.49 bits per heavy atom. The van der Waals surface area contributed by atoms with Gasteiger partial charge in [-0.25, -0.2) is 9.59 Å². The Hall–Kier alpha value is -2.52. The predicted octanol–water partition coefficient (Wildman–Crippen LogP) is 2.40. The first-order chi connectivity index (χ1) is 16.5. The van der Waals surface area contributed by atoms with Gasteiger partial charge in [0, 0.05) is 24.5 Å². The minimum Gasteiger partial charge on any atom is -0.453 e. The highest BCUT2D eigenvalue weighted by atomic mass is 31.2. The van der Waals surface area contributed by atoms with Crippen LogP contribution in [0.4, 0.5) is 0 Å². The third-order valence-corrected chi connectivity index (χ3v) is 8.52. The first-order valence-electron chi connectivity index (χ1n) is 11.4. The number of hydrogen-bond acceptors (Lipinski definition) is 8. The average Bonchev–Trinajstić information content (AvgIpc) is 3.13. The molecular formula is C24H33N2O8P. The Balaban J connectivity index is 2.02. The molecule has 1 saturated heterocycles. The molecule has 11 heteroatoms. The van der Waals surface area contributed by atoms with E-state index in [-0.39, 0.29) is 18.9 Å². The lowest BCUT2D eigenvalue weighted by Crippen LogP contribution is -2.42. The van der Waals surface area contributed by atoms with Gasteiger partial charge < -0.3 is 23.5 Å². The molecule has 0 spiro atoms. The summed E-state index contributed by atoms with van der Waals surface area (Å²) in [4.78, 5) is 39.9. The molecule has 192 valence electrons. The number of hydrogen-bond donors (Lipinski definition) is 1. The number of H-pyrrole nitrogens is 1. The molecule has 0 aliphatic carbocycles. The molecule has 1 N–H and O–H groups in total. The number of aromatic nitrogens is 2. The minimum absolute atomic E-state index is 0.153. The third kappa shape index (κ3) is 6.58. The molecule has 1 unspecified atom stereocenters. The van der Waals surface area contributed by atoms with Crippen molar-refractivity contribution in [2.24, 2.45) is 0 Å². The van der Waals surface area contributed by atoms with Gasteiger partial charge in [0.05, 0.1) is 25.9 Å². The number of methoxy groups -OCH3 is 1. The molecular weight excluding hydrogens is 475 g/mol. The number of aryl methyl sites for hydroxylation is 1. The van der Waals surface area contributed by atoms with Crippen LogP contribution >= 0.6 is 7.14 Å². The molecule has 0 amide bonds. The average molecular weight is 509 g/mol. The van der Waals surface area contributed by atoms with Crippen molar-refractivity contribution in [1.82, 2.24) is 9.55 Å². The number of rotatable bonds is 10. The van der Waals surface area contributed by atoms with Crippen LogP contribution in [0.25, 0.3) is 0 Å². The maximum absolute atomic E-state index is 13.0. The summed E-state index contributed by atoms with van der Waals surface area (Å²) in [7, 11) is -0.960. The monoisotopic (exact) mass is 508 g/mol. The van der Waals surface area contributed by atoms with Crippen LogP contribution < -0.4 is 11.2 Å². The number of carbonyl (C=O) groups is 1. The zero-order valence-corrected chi connectivity index (χ0v) is 21.5. The number of benzene rings is 1. The lowest BCUT2D eigenvalue weighted by molar-refractivity contribution is -0.0820. The van der Waals surface area contributed by atoms with E-state index in [9.17, 15) is 18.9 Å². The van der Waals surface area contributed by atoms with E-state index < -0.39 is 48.9 Å². The molecule has 2 aromatic rings. The fourth-order valence-electron chi connectivity index (χ4n) is 3.84. The van der Waals surface area contributed by atoms with Gasteiger partial charge >= 0.3 is 11.7 Å². The smallest absolute Gasteiger partial charge is 0.338 e. The highest BCUT2D eigenvalue weighted by Crippen LogP contribution is 2.47. The van der Waals surface area contributed by atoms with E-state index >= 15 is 0 Å². The van der Waals surface area contributed by atoms with E-state index in [0.29, 0.717) is 17.5 Å². The molecule has 1 fully saturated rings. The van der Waals surface area contributed by atoms with Crippen molar-refractivity contribution >= 4 is 13.1 Å². The summed E-state index contributed by atoms with van der Waals surface area (Å²) in [5, 5.41) is 0. The lowest BCUT2D eigenvalue weighted by atomic mass is 10.1. The first-order valence-corrected chi connectivity index (χ1v) is 14.1. The second-order valence-electron chi connectivity index (χ2n) is 9.13. The molecule has 0 radical (unpaired) electrons. The Kier molecular flexibility index (Phi) is 8.88. The quantitative estimate of drug-likeness (QED) is 0.295. The molecule has 2 heterocycles. The van der Waals surface area contributed by atoms with Crippen molar-refractivity contribution in [2.75, 3.05) is 33.7 Å². The van der Waals surface area contributed by atoms with Crippen LogP contribution in [-0.4, -0.2) is 73.1 Å². The van der Waals surface area contributed by atoms with E-state index in [4.69, 9.17) is 18.9 Å². The van der Waals surface area contributed by atoms with Crippen molar-refractivity contribution in [1.29, 1.82) is 0 Å². The highest BCUT2D eigenvalue weighted by molar-refractivity contribution is 7.63. The topological polar surface area (TPSA) is 126 Å². The fraction of sp³-hybridized carbons (Fsp3) is 0.542. The Bertz CT molecular complexity index is 1170. The molecule has 0 saturated carbocycles. The predicted molar refractivity (Wildman–Crippen MR) is 131 cm³/mol. The van der Waals surface area contributed by atoms with E-state index in [2.05, 4.69) is 4.98 Å². The molecule has 35 heavy (non-hydrogen) atoms. The van der Waals surface area contributed by atoms with Crippen LogP contribution in [0.15, 0.2) is 46.1 Å². The molecule has 1 aromatic carbocycles. The number of esters is 1. The van der Waals surface area contributed by atoms with Crippen molar-refractivity contribution in [3.8, 4) is 0 Å². The van der Waals surface area contributed by atoms with E-state index in [1.165, 1.54) is 17.9 Å². The molecule has 0 bridgehead atoms. The second kappa shape index (κ2) is 11.5. The second-order valence-corrected chi connectivity index (χ2v) is 12.9. The summed E-state index contributed by atoms with van der Waals surface area (Å²) in [5.41, 5.74) is -0.754. The van der Waals surface area contributed by atoms with Crippen LogP contribution in [0.5, 0.6) is 0 Å². The standard InChI is InChI=1S/C24H33N2O8P/c1-15-14-26(24(29)25-21(15)27)22-20(32-12-11-31-3)19(18(33-22)13-16(2)35(4,5)30)34-23(28)17-9-7-6-8-10-17/h6-10,14,16,18-20,22H,11-13H2,1-5H3,(H,25,27,29)/t16?,18-,19-,20-,22-/m1/s1. The summed E-state index contributed by atoms with van der Waals surface area (Å²) in [6.45, 7) is 7.23. The first kappa shape index (κ1) is 27.1. The van der Waals surface area contributed by atoms with Crippen molar-refractivity contribution in [3.05, 3.63) is 68.5 Å². The zero-order valence-electron chi connectivity index (χ0n) is 20.6. The van der Waals surface area contributed by atoms with Gasteiger partial charge in [-0.2, -0.15) is 0 Å². The largest absolute Gasteiger partial charge is 0.453 e. The van der Waals surface area contributed by atoms with Crippen LogP contribution in [-0.2, 0) is 23.5 Å². The van der Waals surface area contributed by atoms with Crippen LogP contribution in [0.3, 0.4) is 0 Å². The van der Waals surface area contributed by atoms with Crippen molar-refractivity contribution in [2.45, 2.75) is 50.5 Å². The molecule has 10 nitrogen and oxygen atoms in total. The zero-order chi connectivity index (χ0) is 25.8. The van der Waals surface area contributed by atoms with Gasteiger partial charge in [0.2, 0.25) is 0 Å². The van der Waals surface area contributed by atoms with Gasteiger partial charge in [0.15, 0.2) is 12.3 Å². The Labute approximate surface area is 203 Å². The van der Waals surface area contributed by atoms with E-state index in [1.54, 1.807) is 50.6 Å². The summed E-state index contributed by atoms with van der Waals surface area (Å²) in [5.74, 6) is -0.570. The van der Waals surface area contributed by atoms with Crippen LogP contribution in [0.1, 0.15) is 35.5 Å².